The number of nitrogens with one attached hydrogen (secondary N) is 2. The van der Waals surface area contributed by atoms with Crippen LogP contribution in [0.4, 0.5) is 5.82 Å². The molecule has 4 heterocycles. The van der Waals surface area contributed by atoms with Crippen molar-refractivity contribution in [1.82, 2.24) is 24.5 Å². The molecule has 1 fully saturated rings. The smallest absolute Gasteiger partial charge is 0.329 e. The maximum atomic E-state index is 12.4. The molecule has 1 unspecified atom stereocenters. The van der Waals surface area contributed by atoms with Crippen LogP contribution in [0.25, 0.3) is 11.2 Å². The molecule has 1 aliphatic heterocycles. The highest BCUT2D eigenvalue weighted by Crippen LogP contribution is 2.27. The second-order valence-electron chi connectivity index (χ2n) is 5.44. The molecule has 3 aromatic rings. The fourth-order valence-electron chi connectivity index (χ4n) is 2.80. The number of hydrogen-bond acceptors (Lipinski definition) is 7. The summed E-state index contributed by atoms with van der Waals surface area (Å²) in [5, 5.41) is 6.05. The van der Waals surface area contributed by atoms with Gasteiger partial charge in [0.05, 0.1) is 6.54 Å². The van der Waals surface area contributed by atoms with E-state index >= 15 is 0 Å². The molecular formula is C14H15ClN6O2S. The van der Waals surface area contributed by atoms with Crippen molar-refractivity contribution in [2.24, 2.45) is 0 Å². The summed E-state index contributed by atoms with van der Waals surface area (Å²) in [6.07, 6.45) is 4.21. The summed E-state index contributed by atoms with van der Waals surface area (Å²) >= 11 is 7.60. The third kappa shape index (κ3) is 2.90. The fourth-order valence-corrected chi connectivity index (χ4v) is 3.52. The van der Waals surface area contributed by atoms with E-state index in [1.165, 1.54) is 15.9 Å². The first kappa shape index (κ1) is 15.6. The van der Waals surface area contributed by atoms with E-state index in [2.05, 4.69) is 25.3 Å². The van der Waals surface area contributed by atoms with Crippen molar-refractivity contribution < 1.29 is 4.74 Å². The van der Waals surface area contributed by atoms with Gasteiger partial charge in [-0.15, -0.1) is 11.3 Å². The minimum absolute atomic E-state index is 0.0766. The number of anilines is 1. The molecule has 0 amide bonds. The Morgan fingerprint density at radius 1 is 1.46 bits per heavy atom. The summed E-state index contributed by atoms with van der Waals surface area (Å²) in [7, 11) is 0. The fraction of sp³-hybridized carbons (Fsp3) is 0.429. The van der Waals surface area contributed by atoms with Crippen LogP contribution in [0.2, 0.25) is 5.28 Å². The molecule has 126 valence electrons. The number of fused-ring (bicyclic) bond motifs is 1. The maximum Gasteiger partial charge on any atom is 0.329 e. The molecule has 0 saturated carbocycles. The van der Waals surface area contributed by atoms with Crippen molar-refractivity contribution in [2.45, 2.75) is 32.0 Å². The van der Waals surface area contributed by atoms with Crippen molar-refractivity contribution in [2.75, 3.05) is 11.9 Å². The average Bonchev–Trinajstić information content (AvgIpc) is 3.20. The molecule has 0 bridgehead atoms. The molecule has 3 aromatic heterocycles. The summed E-state index contributed by atoms with van der Waals surface area (Å²) in [5.74, 6) is 0.479. The molecule has 2 N–H and O–H groups in total. The zero-order valence-corrected chi connectivity index (χ0v) is 14.2. The van der Waals surface area contributed by atoms with Crippen LogP contribution in [-0.4, -0.2) is 31.1 Å². The van der Waals surface area contributed by atoms with Crippen LogP contribution in [0.15, 0.2) is 16.4 Å². The lowest BCUT2D eigenvalue weighted by Gasteiger charge is -2.23. The van der Waals surface area contributed by atoms with Gasteiger partial charge < -0.3 is 15.0 Å². The summed E-state index contributed by atoms with van der Waals surface area (Å²) in [6, 6.07) is 0. The average molecular weight is 367 g/mol. The number of halogens is 1. The van der Waals surface area contributed by atoms with Gasteiger partial charge in [0.2, 0.25) is 5.28 Å². The molecule has 0 spiro atoms. The third-order valence-corrected chi connectivity index (χ3v) is 4.82. The number of aromatic amines is 1. The van der Waals surface area contributed by atoms with E-state index in [0.29, 0.717) is 30.1 Å². The minimum atomic E-state index is -0.322. The Kier molecular flexibility index (Phi) is 4.21. The van der Waals surface area contributed by atoms with Crippen molar-refractivity contribution in [3.63, 3.8) is 0 Å². The quantitative estimate of drug-likeness (QED) is 0.688. The topological polar surface area (TPSA) is 97.7 Å². The van der Waals surface area contributed by atoms with Gasteiger partial charge in [-0.1, -0.05) is 0 Å². The Morgan fingerprint density at radius 3 is 3.12 bits per heavy atom. The van der Waals surface area contributed by atoms with Gasteiger partial charge in [-0.05, 0) is 30.9 Å². The number of aromatic nitrogens is 5. The predicted octanol–water partition coefficient (Wildman–Crippen LogP) is 2.54. The third-order valence-electron chi connectivity index (χ3n) is 3.88. The highest BCUT2D eigenvalue weighted by atomic mass is 35.5. The maximum absolute atomic E-state index is 12.4. The van der Waals surface area contributed by atoms with Crippen molar-refractivity contribution in [3.8, 4) is 0 Å². The van der Waals surface area contributed by atoms with Crippen LogP contribution in [0.5, 0.6) is 0 Å². The van der Waals surface area contributed by atoms with Crippen LogP contribution >= 0.6 is 22.9 Å². The van der Waals surface area contributed by atoms with Crippen LogP contribution in [-0.2, 0) is 11.3 Å². The second kappa shape index (κ2) is 6.50. The Hall–Kier alpha value is -1.97. The van der Waals surface area contributed by atoms with Crippen molar-refractivity contribution >= 4 is 39.9 Å². The summed E-state index contributed by atoms with van der Waals surface area (Å²) in [4.78, 5) is 27.9. The van der Waals surface area contributed by atoms with Gasteiger partial charge in [0.15, 0.2) is 11.5 Å². The Labute approximate surface area is 145 Å². The Balaban J connectivity index is 1.73. The largest absolute Gasteiger partial charge is 0.362 e. The second-order valence-corrected chi connectivity index (χ2v) is 6.76. The lowest BCUT2D eigenvalue weighted by Crippen LogP contribution is -2.27. The van der Waals surface area contributed by atoms with E-state index in [-0.39, 0.29) is 17.2 Å². The molecule has 4 rings (SSSR count). The predicted molar refractivity (Wildman–Crippen MR) is 91.4 cm³/mol. The number of H-pyrrole nitrogens is 1. The van der Waals surface area contributed by atoms with E-state index in [9.17, 15) is 4.79 Å². The zero-order valence-electron chi connectivity index (χ0n) is 12.7. The van der Waals surface area contributed by atoms with Gasteiger partial charge in [-0.25, -0.2) is 14.3 Å². The van der Waals surface area contributed by atoms with Crippen LogP contribution in [0.1, 0.15) is 30.5 Å². The van der Waals surface area contributed by atoms with Crippen molar-refractivity contribution in [1.29, 1.82) is 0 Å². The Bertz CT molecular complexity index is 900. The molecule has 10 heteroatoms. The van der Waals surface area contributed by atoms with Gasteiger partial charge >= 0.3 is 5.69 Å². The van der Waals surface area contributed by atoms with Gasteiger partial charge in [0, 0.05) is 18.2 Å². The Morgan fingerprint density at radius 2 is 2.38 bits per heavy atom. The molecule has 24 heavy (non-hydrogen) atoms. The molecule has 1 saturated heterocycles. The minimum Gasteiger partial charge on any atom is -0.362 e. The number of imidazole rings is 1. The van der Waals surface area contributed by atoms with Crippen LogP contribution in [0.3, 0.4) is 0 Å². The van der Waals surface area contributed by atoms with Gasteiger partial charge in [-0.3, -0.25) is 0 Å². The van der Waals surface area contributed by atoms with E-state index in [0.717, 1.165) is 24.3 Å². The number of hydrogen-bond donors (Lipinski definition) is 2. The molecule has 8 nitrogen and oxygen atoms in total. The van der Waals surface area contributed by atoms with E-state index in [4.69, 9.17) is 16.3 Å². The van der Waals surface area contributed by atoms with Gasteiger partial charge in [-0.2, -0.15) is 9.97 Å². The molecular weight excluding hydrogens is 352 g/mol. The van der Waals surface area contributed by atoms with Crippen LogP contribution in [0, 0.1) is 0 Å². The zero-order chi connectivity index (χ0) is 16.5. The van der Waals surface area contributed by atoms with E-state index < -0.39 is 0 Å². The summed E-state index contributed by atoms with van der Waals surface area (Å²) in [6.45, 7) is 1.13. The molecule has 0 aromatic carbocycles. The van der Waals surface area contributed by atoms with Crippen LogP contribution < -0.4 is 11.0 Å². The summed E-state index contributed by atoms with van der Waals surface area (Å²) in [5.41, 5.74) is 0.703. The van der Waals surface area contributed by atoms with E-state index in [1.807, 2.05) is 5.38 Å². The molecule has 0 radical (unpaired) electrons. The number of rotatable bonds is 4. The van der Waals surface area contributed by atoms with Crippen molar-refractivity contribution in [3.05, 3.63) is 32.4 Å². The lowest BCUT2D eigenvalue weighted by atomic mass is 10.2. The first-order valence-electron chi connectivity index (χ1n) is 7.64. The normalized spacial score (nSPS) is 18.1. The first-order valence-corrected chi connectivity index (χ1v) is 8.90. The van der Waals surface area contributed by atoms with Gasteiger partial charge in [0.25, 0.3) is 0 Å². The molecule has 0 aliphatic carbocycles. The number of thiazole rings is 1. The SMILES string of the molecule is O=c1[nH]c2c(NCc3nccs3)nc(Cl)nc2n1C1CCCCO1. The van der Waals surface area contributed by atoms with Gasteiger partial charge in [0.1, 0.15) is 16.8 Å². The number of nitrogens with zero attached hydrogens (tertiary/aromatic N) is 4. The monoisotopic (exact) mass is 366 g/mol. The highest BCUT2D eigenvalue weighted by Gasteiger charge is 2.23. The summed E-state index contributed by atoms with van der Waals surface area (Å²) < 4.78 is 7.25. The standard InChI is InChI=1S/C14H15ClN6O2S/c15-13-19-11(17-7-8-16-4-6-24-8)10-12(20-13)21(14(22)18-10)9-3-1-2-5-23-9/h4,6,9H,1-3,5,7H2,(H,18,22)(H,17,19,20). The van der Waals surface area contributed by atoms with E-state index in [1.54, 1.807) is 6.20 Å². The number of ether oxygens (including phenoxy) is 1. The lowest BCUT2D eigenvalue weighted by molar-refractivity contribution is -0.0316. The molecule has 1 aliphatic rings. The molecule has 1 atom stereocenters. The highest BCUT2D eigenvalue weighted by molar-refractivity contribution is 7.09. The first-order chi connectivity index (χ1) is 11.7.